The molecule has 0 radical (unpaired) electrons. The first-order valence-electron chi connectivity index (χ1n) is 8.19. The molecule has 0 unspecified atom stereocenters. The molecule has 1 aliphatic heterocycles. The number of piperazine rings is 1. The van der Waals surface area contributed by atoms with Crippen LogP contribution in [-0.4, -0.2) is 58.2 Å². The fourth-order valence-corrected chi connectivity index (χ4v) is 3.05. The van der Waals surface area contributed by atoms with Crippen molar-refractivity contribution < 1.29 is 4.79 Å². The van der Waals surface area contributed by atoms with Crippen molar-refractivity contribution in [2.45, 2.75) is 32.7 Å². The van der Waals surface area contributed by atoms with Gasteiger partial charge in [-0.1, -0.05) is 6.42 Å². The highest BCUT2D eigenvalue weighted by molar-refractivity contribution is 5.79. The van der Waals surface area contributed by atoms with Crippen LogP contribution in [0.2, 0.25) is 0 Å². The molecule has 1 saturated carbocycles. The molecule has 0 atom stereocenters. The second-order valence-corrected chi connectivity index (χ2v) is 6.33. The Morgan fingerprint density at radius 3 is 2.55 bits per heavy atom. The molecule has 6 nitrogen and oxygen atoms in total. The summed E-state index contributed by atoms with van der Waals surface area (Å²) in [6.45, 7) is 6.70. The number of aryl methyl sites for hydroxylation is 1. The zero-order chi connectivity index (χ0) is 15.5. The van der Waals surface area contributed by atoms with Gasteiger partial charge in [-0.25, -0.2) is 4.68 Å². The lowest BCUT2D eigenvalue weighted by Crippen LogP contribution is -2.51. The fourth-order valence-electron chi connectivity index (χ4n) is 3.05. The van der Waals surface area contributed by atoms with Gasteiger partial charge in [0.2, 0.25) is 5.91 Å². The number of nitrogens with zero attached hydrogens (tertiary/aromatic N) is 4. The Morgan fingerprint density at radius 2 is 1.91 bits per heavy atom. The Labute approximate surface area is 130 Å². The molecule has 120 valence electrons. The Bertz CT molecular complexity index is 586. The molecule has 1 aromatic rings. The summed E-state index contributed by atoms with van der Waals surface area (Å²) in [5.74, 6) is 0.643. The molecule has 1 aliphatic carbocycles. The molecule has 1 saturated heterocycles. The third kappa shape index (κ3) is 3.38. The summed E-state index contributed by atoms with van der Waals surface area (Å²) in [7, 11) is 0. The second kappa shape index (κ2) is 6.60. The van der Waals surface area contributed by atoms with Gasteiger partial charge in [-0.2, -0.15) is 5.10 Å². The third-order valence-corrected chi connectivity index (χ3v) is 4.77. The first-order valence-corrected chi connectivity index (χ1v) is 8.19. The van der Waals surface area contributed by atoms with Crippen LogP contribution in [0.1, 0.15) is 25.0 Å². The van der Waals surface area contributed by atoms with Gasteiger partial charge in [0.25, 0.3) is 5.56 Å². The molecule has 2 heterocycles. The molecule has 0 spiro atoms. The summed E-state index contributed by atoms with van der Waals surface area (Å²) in [4.78, 5) is 28.2. The lowest BCUT2D eigenvalue weighted by atomic mass is 9.84. The average Bonchev–Trinajstić information content (AvgIpc) is 2.47. The number of hydrogen-bond acceptors (Lipinski definition) is 4. The number of hydrogen-bond donors (Lipinski definition) is 0. The quantitative estimate of drug-likeness (QED) is 0.812. The normalized spacial score (nSPS) is 20.0. The predicted octanol–water partition coefficient (Wildman–Crippen LogP) is 0.496. The molecule has 22 heavy (non-hydrogen) atoms. The molecule has 2 fully saturated rings. The van der Waals surface area contributed by atoms with Crippen molar-refractivity contribution in [1.82, 2.24) is 19.6 Å². The molecule has 3 rings (SSSR count). The van der Waals surface area contributed by atoms with Crippen LogP contribution in [-0.2, 0) is 11.3 Å². The van der Waals surface area contributed by atoms with Crippen LogP contribution >= 0.6 is 0 Å². The van der Waals surface area contributed by atoms with Crippen LogP contribution < -0.4 is 5.56 Å². The van der Waals surface area contributed by atoms with Crippen LogP contribution in [0.15, 0.2) is 16.9 Å². The Morgan fingerprint density at radius 1 is 1.18 bits per heavy atom. The van der Waals surface area contributed by atoms with E-state index in [1.165, 1.54) is 11.1 Å². The van der Waals surface area contributed by atoms with Gasteiger partial charge < -0.3 is 4.90 Å². The maximum Gasteiger partial charge on any atom is 0.266 e. The van der Waals surface area contributed by atoms with E-state index in [0.29, 0.717) is 18.4 Å². The monoisotopic (exact) mass is 304 g/mol. The molecule has 0 aromatic carbocycles. The summed E-state index contributed by atoms with van der Waals surface area (Å²) >= 11 is 0. The van der Waals surface area contributed by atoms with Gasteiger partial charge in [0.15, 0.2) is 0 Å². The lowest BCUT2D eigenvalue weighted by Gasteiger charge is -2.38. The van der Waals surface area contributed by atoms with E-state index in [0.717, 1.165) is 51.3 Å². The van der Waals surface area contributed by atoms with Gasteiger partial charge in [0, 0.05) is 44.7 Å². The van der Waals surface area contributed by atoms with E-state index in [9.17, 15) is 9.59 Å². The summed E-state index contributed by atoms with van der Waals surface area (Å²) < 4.78 is 1.53. The van der Waals surface area contributed by atoms with E-state index >= 15 is 0 Å². The van der Waals surface area contributed by atoms with Crippen molar-refractivity contribution in [2.24, 2.45) is 5.92 Å². The largest absolute Gasteiger partial charge is 0.340 e. The van der Waals surface area contributed by atoms with Crippen molar-refractivity contribution in [2.75, 3.05) is 32.7 Å². The zero-order valence-corrected chi connectivity index (χ0v) is 13.2. The Kier molecular flexibility index (Phi) is 4.57. The van der Waals surface area contributed by atoms with Gasteiger partial charge in [-0.15, -0.1) is 0 Å². The van der Waals surface area contributed by atoms with Crippen LogP contribution in [0.4, 0.5) is 0 Å². The number of aromatic nitrogens is 2. The second-order valence-electron chi connectivity index (χ2n) is 6.33. The van der Waals surface area contributed by atoms with Gasteiger partial charge in [0.05, 0.1) is 12.2 Å². The SMILES string of the molecule is Cc1ccc(=O)n(CCN2CCN(C(=O)C3CCC3)CC2)n1. The smallest absolute Gasteiger partial charge is 0.266 e. The zero-order valence-electron chi connectivity index (χ0n) is 13.2. The van der Waals surface area contributed by atoms with E-state index in [2.05, 4.69) is 10.00 Å². The molecule has 1 amide bonds. The van der Waals surface area contributed by atoms with Crippen LogP contribution in [0.25, 0.3) is 0 Å². The third-order valence-electron chi connectivity index (χ3n) is 4.77. The topological polar surface area (TPSA) is 58.4 Å². The highest BCUT2D eigenvalue weighted by Crippen LogP contribution is 2.28. The maximum atomic E-state index is 12.2. The molecule has 0 N–H and O–H groups in total. The van der Waals surface area contributed by atoms with Crippen molar-refractivity contribution in [3.8, 4) is 0 Å². The van der Waals surface area contributed by atoms with Crippen LogP contribution in [0.3, 0.4) is 0 Å². The molecule has 6 heteroatoms. The molecule has 0 bridgehead atoms. The van der Waals surface area contributed by atoms with Gasteiger partial charge in [-0.3, -0.25) is 14.5 Å². The molecule has 1 aromatic heterocycles. The van der Waals surface area contributed by atoms with Gasteiger partial charge in [0.1, 0.15) is 0 Å². The predicted molar refractivity (Wildman–Crippen MR) is 83.6 cm³/mol. The highest BCUT2D eigenvalue weighted by atomic mass is 16.2. The molecular weight excluding hydrogens is 280 g/mol. The van der Waals surface area contributed by atoms with E-state index in [1.807, 2.05) is 11.8 Å². The van der Waals surface area contributed by atoms with E-state index in [4.69, 9.17) is 0 Å². The molecule has 2 aliphatic rings. The average molecular weight is 304 g/mol. The number of carbonyl (C=O) groups excluding carboxylic acids is 1. The highest BCUT2D eigenvalue weighted by Gasteiger charge is 2.30. The Hall–Kier alpha value is -1.69. The molecular formula is C16H24N4O2. The van der Waals surface area contributed by atoms with Crippen molar-refractivity contribution in [3.63, 3.8) is 0 Å². The first kappa shape index (κ1) is 15.2. The summed E-state index contributed by atoms with van der Waals surface area (Å²) in [5.41, 5.74) is 0.805. The minimum Gasteiger partial charge on any atom is -0.340 e. The van der Waals surface area contributed by atoms with Gasteiger partial charge >= 0.3 is 0 Å². The summed E-state index contributed by atoms with van der Waals surface area (Å²) in [5, 5.41) is 4.26. The number of carbonyl (C=O) groups is 1. The van der Waals surface area contributed by atoms with E-state index in [-0.39, 0.29) is 5.56 Å². The maximum absolute atomic E-state index is 12.2. The van der Waals surface area contributed by atoms with Crippen LogP contribution in [0, 0.1) is 12.8 Å². The minimum absolute atomic E-state index is 0.0515. The Balaban J connectivity index is 1.46. The number of amides is 1. The van der Waals surface area contributed by atoms with Crippen molar-refractivity contribution in [3.05, 3.63) is 28.2 Å². The number of rotatable bonds is 4. The van der Waals surface area contributed by atoms with E-state index in [1.54, 1.807) is 12.1 Å². The standard InChI is InChI=1S/C16H24N4O2/c1-13-5-6-15(21)20(17-13)12-9-18-7-10-19(11-8-18)16(22)14-3-2-4-14/h5-6,14H,2-4,7-12H2,1H3. The lowest BCUT2D eigenvalue weighted by molar-refractivity contribution is -0.139. The fraction of sp³-hybridized carbons (Fsp3) is 0.688. The van der Waals surface area contributed by atoms with Crippen molar-refractivity contribution in [1.29, 1.82) is 0 Å². The van der Waals surface area contributed by atoms with Gasteiger partial charge in [-0.05, 0) is 25.8 Å². The van der Waals surface area contributed by atoms with Crippen LogP contribution in [0.5, 0.6) is 0 Å². The van der Waals surface area contributed by atoms with Crippen molar-refractivity contribution >= 4 is 5.91 Å². The van der Waals surface area contributed by atoms with E-state index < -0.39 is 0 Å². The summed E-state index contributed by atoms with van der Waals surface area (Å²) in [6.07, 6.45) is 3.34. The minimum atomic E-state index is -0.0515. The first-order chi connectivity index (χ1) is 10.6. The summed E-state index contributed by atoms with van der Waals surface area (Å²) in [6, 6.07) is 3.31.